The van der Waals surface area contributed by atoms with Crippen LogP contribution < -0.4 is 9.04 Å². The van der Waals surface area contributed by atoms with Crippen molar-refractivity contribution >= 4 is 44.2 Å². The average molecular weight is 424 g/mol. The standard InChI is InChI=1S/C21H14ClN3O3S/c1-13-6-11-18-19(12-13)28-21-20(23-16-4-2-3-5-17(16)24-21)25(18)29(26,27)15-9-7-14(22)8-10-15/h2-12H,1H3. The predicted octanol–water partition coefficient (Wildman–Crippen LogP) is 5.22. The van der Waals surface area contributed by atoms with Crippen molar-refractivity contribution in [3.8, 4) is 11.6 Å². The maximum atomic E-state index is 13.6. The Morgan fingerprint density at radius 1 is 0.931 bits per heavy atom. The van der Waals surface area contributed by atoms with Crippen LogP contribution in [-0.2, 0) is 10.0 Å². The molecule has 0 N–H and O–H groups in total. The van der Waals surface area contributed by atoms with Gasteiger partial charge in [-0.05, 0) is 61.0 Å². The van der Waals surface area contributed by atoms with Crippen LogP contribution in [0.5, 0.6) is 11.6 Å². The van der Waals surface area contributed by atoms with Gasteiger partial charge in [-0.1, -0.05) is 29.8 Å². The summed E-state index contributed by atoms with van der Waals surface area (Å²) in [6.45, 7) is 1.91. The Bertz CT molecular complexity index is 1370. The molecule has 8 heteroatoms. The zero-order valence-corrected chi connectivity index (χ0v) is 16.8. The quantitative estimate of drug-likeness (QED) is 0.441. The number of aryl methyl sites for hydroxylation is 1. The van der Waals surface area contributed by atoms with Crippen LogP contribution in [0.2, 0.25) is 5.02 Å². The summed E-state index contributed by atoms with van der Waals surface area (Å²) in [5, 5.41) is 0.452. The molecule has 29 heavy (non-hydrogen) atoms. The van der Waals surface area contributed by atoms with E-state index in [9.17, 15) is 8.42 Å². The first-order valence-electron chi connectivity index (χ1n) is 8.80. The normalized spacial score (nSPS) is 13.0. The van der Waals surface area contributed by atoms with Crippen molar-refractivity contribution < 1.29 is 13.2 Å². The van der Waals surface area contributed by atoms with E-state index in [2.05, 4.69) is 9.97 Å². The molecule has 1 aliphatic rings. The van der Waals surface area contributed by atoms with E-state index >= 15 is 0 Å². The van der Waals surface area contributed by atoms with Crippen molar-refractivity contribution in [1.29, 1.82) is 0 Å². The van der Waals surface area contributed by atoms with Gasteiger partial charge in [0.1, 0.15) is 5.69 Å². The second-order valence-electron chi connectivity index (χ2n) is 6.64. The first-order chi connectivity index (χ1) is 13.9. The fraction of sp³-hybridized carbons (Fsp3) is 0.0476. The number of rotatable bonds is 2. The molecule has 0 unspecified atom stereocenters. The van der Waals surface area contributed by atoms with Gasteiger partial charge in [-0.25, -0.2) is 22.7 Å². The molecule has 0 bridgehead atoms. The minimum Gasteiger partial charge on any atom is -0.434 e. The third-order valence-corrected chi connectivity index (χ3v) is 6.58. The van der Waals surface area contributed by atoms with E-state index in [1.54, 1.807) is 24.3 Å². The van der Waals surface area contributed by atoms with Gasteiger partial charge in [0.15, 0.2) is 5.75 Å². The van der Waals surface area contributed by atoms with E-state index in [1.807, 2.05) is 25.1 Å². The molecule has 0 amide bonds. The van der Waals surface area contributed by atoms with Gasteiger partial charge in [-0.3, -0.25) is 0 Å². The van der Waals surface area contributed by atoms with E-state index in [0.29, 0.717) is 27.5 Å². The number of para-hydroxylation sites is 2. The topological polar surface area (TPSA) is 72.4 Å². The van der Waals surface area contributed by atoms with Crippen molar-refractivity contribution in [3.63, 3.8) is 0 Å². The number of aromatic nitrogens is 2. The summed E-state index contributed by atoms with van der Waals surface area (Å²) in [6.07, 6.45) is 0. The first kappa shape index (κ1) is 17.9. The summed E-state index contributed by atoms with van der Waals surface area (Å²) in [4.78, 5) is 9.16. The van der Waals surface area contributed by atoms with E-state index in [4.69, 9.17) is 16.3 Å². The highest BCUT2D eigenvalue weighted by atomic mass is 35.5. The Morgan fingerprint density at radius 3 is 2.34 bits per heavy atom. The van der Waals surface area contributed by atoms with E-state index in [0.717, 1.165) is 5.56 Å². The Balaban J connectivity index is 1.80. The summed E-state index contributed by atoms with van der Waals surface area (Å²) in [7, 11) is -3.99. The Hall–Kier alpha value is -3.16. The summed E-state index contributed by atoms with van der Waals surface area (Å²) >= 11 is 5.94. The lowest BCUT2D eigenvalue weighted by molar-refractivity contribution is 0.456. The molecule has 3 aromatic carbocycles. The number of sulfonamides is 1. The maximum Gasteiger partial charge on any atom is 0.270 e. The molecule has 0 aliphatic carbocycles. The lowest BCUT2D eigenvalue weighted by Crippen LogP contribution is -2.30. The molecule has 0 saturated heterocycles. The zero-order chi connectivity index (χ0) is 20.2. The Morgan fingerprint density at radius 2 is 1.62 bits per heavy atom. The fourth-order valence-corrected chi connectivity index (χ4v) is 4.79. The molecular formula is C21H14ClN3O3S. The van der Waals surface area contributed by atoms with Crippen LogP contribution in [-0.4, -0.2) is 18.4 Å². The van der Waals surface area contributed by atoms with Crippen LogP contribution in [0.15, 0.2) is 71.6 Å². The van der Waals surface area contributed by atoms with Crippen molar-refractivity contribution in [3.05, 3.63) is 77.3 Å². The minimum atomic E-state index is -3.99. The lowest BCUT2D eigenvalue weighted by atomic mass is 10.2. The fourth-order valence-electron chi connectivity index (χ4n) is 3.22. The number of ether oxygens (including phenoxy) is 1. The molecule has 0 radical (unpaired) electrons. The second kappa shape index (κ2) is 6.43. The van der Waals surface area contributed by atoms with Crippen molar-refractivity contribution in [1.82, 2.24) is 9.97 Å². The third-order valence-electron chi connectivity index (χ3n) is 4.61. The van der Waals surface area contributed by atoms with Crippen LogP contribution in [0.3, 0.4) is 0 Å². The largest absolute Gasteiger partial charge is 0.434 e. The highest BCUT2D eigenvalue weighted by molar-refractivity contribution is 7.93. The van der Waals surface area contributed by atoms with Gasteiger partial charge in [-0.2, -0.15) is 0 Å². The van der Waals surface area contributed by atoms with Gasteiger partial charge in [0.2, 0.25) is 5.82 Å². The van der Waals surface area contributed by atoms with Crippen molar-refractivity contribution in [2.24, 2.45) is 0 Å². The SMILES string of the molecule is Cc1ccc2c(c1)Oc1nc3ccccc3nc1N2S(=O)(=O)c1ccc(Cl)cc1. The number of nitrogens with zero attached hydrogens (tertiary/aromatic N) is 3. The highest BCUT2D eigenvalue weighted by Gasteiger charge is 2.37. The van der Waals surface area contributed by atoms with Crippen LogP contribution in [0.25, 0.3) is 11.0 Å². The van der Waals surface area contributed by atoms with Crippen molar-refractivity contribution in [2.45, 2.75) is 11.8 Å². The van der Waals surface area contributed by atoms with Gasteiger partial charge in [0, 0.05) is 5.02 Å². The van der Waals surface area contributed by atoms with E-state index in [1.165, 1.54) is 28.6 Å². The van der Waals surface area contributed by atoms with Gasteiger partial charge in [0.05, 0.1) is 15.9 Å². The van der Waals surface area contributed by atoms with E-state index in [-0.39, 0.29) is 16.6 Å². The van der Waals surface area contributed by atoms with Crippen LogP contribution in [0.1, 0.15) is 5.56 Å². The van der Waals surface area contributed by atoms with Gasteiger partial charge in [-0.15, -0.1) is 0 Å². The Labute approximate surface area is 172 Å². The molecule has 1 aliphatic heterocycles. The number of anilines is 2. The molecule has 4 aromatic rings. The zero-order valence-electron chi connectivity index (χ0n) is 15.2. The Kier molecular flexibility index (Phi) is 3.97. The highest BCUT2D eigenvalue weighted by Crippen LogP contribution is 2.48. The first-order valence-corrected chi connectivity index (χ1v) is 10.6. The predicted molar refractivity (Wildman–Crippen MR) is 112 cm³/mol. The molecule has 0 saturated carbocycles. The number of hydrogen-bond donors (Lipinski definition) is 0. The van der Waals surface area contributed by atoms with Gasteiger partial charge in [0.25, 0.3) is 15.9 Å². The molecule has 2 heterocycles. The molecular weight excluding hydrogens is 410 g/mol. The number of benzene rings is 3. The second-order valence-corrected chi connectivity index (χ2v) is 8.86. The molecule has 144 valence electrons. The molecule has 5 rings (SSSR count). The third kappa shape index (κ3) is 2.90. The molecule has 0 fully saturated rings. The summed E-state index contributed by atoms with van der Waals surface area (Å²) in [5.41, 5.74) is 2.50. The van der Waals surface area contributed by atoms with Crippen LogP contribution >= 0.6 is 11.6 Å². The van der Waals surface area contributed by atoms with Crippen LogP contribution in [0, 0.1) is 6.92 Å². The summed E-state index contributed by atoms with van der Waals surface area (Å²) < 4.78 is 34.3. The monoisotopic (exact) mass is 423 g/mol. The maximum absolute atomic E-state index is 13.6. The smallest absolute Gasteiger partial charge is 0.270 e. The number of halogens is 1. The summed E-state index contributed by atoms with van der Waals surface area (Å²) in [6, 6.07) is 18.6. The molecule has 6 nitrogen and oxygen atoms in total. The summed E-state index contributed by atoms with van der Waals surface area (Å²) in [5.74, 6) is 0.661. The minimum absolute atomic E-state index is 0.0937. The molecule has 1 aromatic heterocycles. The van der Waals surface area contributed by atoms with Gasteiger partial charge < -0.3 is 4.74 Å². The average Bonchev–Trinajstić information content (AvgIpc) is 2.70. The molecule has 0 spiro atoms. The van der Waals surface area contributed by atoms with Gasteiger partial charge >= 0.3 is 0 Å². The number of hydrogen-bond acceptors (Lipinski definition) is 5. The lowest BCUT2D eigenvalue weighted by Gasteiger charge is -2.30. The van der Waals surface area contributed by atoms with Crippen molar-refractivity contribution in [2.75, 3.05) is 4.31 Å². The van der Waals surface area contributed by atoms with E-state index < -0.39 is 10.0 Å². The molecule has 0 atom stereocenters. The van der Waals surface area contributed by atoms with Crippen LogP contribution in [0.4, 0.5) is 11.5 Å². The number of fused-ring (bicyclic) bond motifs is 3.